The van der Waals surface area contributed by atoms with Crippen LogP contribution in [-0.2, 0) is 0 Å². The summed E-state index contributed by atoms with van der Waals surface area (Å²) < 4.78 is 0. The van der Waals surface area contributed by atoms with Crippen LogP contribution in [0.3, 0.4) is 0 Å². The van der Waals surface area contributed by atoms with Crippen molar-refractivity contribution in [2.45, 2.75) is 30.8 Å². The van der Waals surface area contributed by atoms with E-state index in [4.69, 9.17) is 17.3 Å². The second-order valence-corrected chi connectivity index (χ2v) is 7.19. The Morgan fingerprint density at radius 1 is 1.42 bits per heavy atom. The molecule has 0 aliphatic heterocycles. The van der Waals surface area contributed by atoms with E-state index in [1.165, 1.54) is 24.1 Å². The van der Waals surface area contributed by atoms with Crippen LogP contribution in [0, 0.1) is 0 Å². The summed E-state index contributed by atoms with van der Waals surface area (Å²) >= 11 is 7.73. The number of thiophene rings is 1. The molecule has 1 aromatic heterocycles. The predicted octanol–water partition coefficient (Wildman–Crippen LogP) is 2.82. The Kier molecular flexibility index (Phi) is 4.90. The van der Waals surface area contributed by atoms with Crippen LogP contribution in [0.5, 0.6) is 0 Å². The molecule has 1 fully saturated rings. The van der Waals surface area contributed by atoms with Gasteiger partial charge in [0.05, 0.1) is 11.1 Å². The zero-order valence-corrected chi connectivity index (χ0v) is 13.6. The van der Waals surface area contributed by atoms with Gasteiger partial charge >= 0.3 is 0 Å². The fraction of sp³-hybridized carbons (Fsp3) is 0.714. The third kappa shape index (κ3) is 3.14. The number of likely N-dealkylation sites (N-methyl/N-ethyl adjacent to an activating group) is 2. The molecule has 2 N–H and O–H groups in total. The van der Waals surface area contributed by atoms with E-state index in [0.717, 1.165) is 11.6 Å². The summed E-state index contributed by atoms with van der Waals surface area (Å²) in [6.45, 7) is 1.70. The normalized spacial score (nSPS) is 19.7. The summed E-state index contributed by atoms with van der Waals surface area (Å²) in [7, 11) is 6.55. The van der Waals surface area contributed by atoms with Crippen molar-refractivity contribution < 1.29 is 0 Å². The van der Waals surface area contributed by atoms with E-state index in [1.807, 2.05) is 11.4 Å². The predicted molar refractivity (Wildman–Crippen MR) is 84.0 cm³/mol. The molecule has 0 aromatic carbocycles. The quantitative estimate of drug-likeness (QED) is 0.877. The van der Waals surface area contributed by atoms with Crippen molar-refractivity contribution in [2.24, 2.45) is 5.73 Å². The first-order chi connectivity index (χ1) is 8.98. The first kappa shape index (κ1) is 15.3. The molecule has 19 heavy (non-hydrogen) atoms. The Bertz CT molecular complexity index is 415. The molecular weight excluding hydrogens is 278 g/mol. The van der Waals surface area contributed by atoms with Crippen LogP contribution in [0.25, 0.3) is 0 Å². The molecule has 1 heterocycles. The summed E-state index contributed by atoms with van der Waals surface area (Å²) in [6, 6.07) is 2.32. The Morgan fingerprint density at radius 2 is 2.11 bits per heavy atom. The molecule has 0 bridgehead atoms. The minimum atomic E-state index is 0.273. The average Bonchev–Trinajstić information content (AvgIpc) is 2.70. The van der Waals surface area contributed by atoms with Crippen molar-refractivity contribution in [2.75, 3.05) is 34.2 Å². The van der Waals surface area contributed by atoms with Crippen molar-refractivity contribution in [3.63, 3.8) is 0 Å². The molecule has 3 nitrogen and oxygen atoms in total. The molecule has 1 atom stereocenters. The lowest BCUT2D eigenvalue weighted by Gasteiger charge is -2.50. The lowest BCUT2D eigenvalue weighted by molar-refractivity contribution is 0.0172. The van der Waals surface area contributed by atoms with E-state index in [-0.39, 0.29) is 6.04 Å². The van der Waals surface area contributed by atoms with E-state index in [1.54, 1.807) is 11.3 Å². The van der Waals surface area contributed by atoms with Crippen molar-refractivity contribution in [1.82, 2.24) is 9.80 Å². The van der Waals surface area contributed by atoms with Crippen molar-refractivity contribution >= 4 is 22.9 Å². The van der Waals surface area contributed by atoms with E-state index in [2.05, 4.69) is 30.9 Å². The first-order valence-electron chi connectivity index (χ1n) is 6.80. The average molecular weight is 302 g/mol. The molecule has 0 spiro atoms. The van der Waals surface area contributed by atoms with E-state index >= 15 is 0 Å². The highest BCUT2D eigenvalue weighted by Crippen LogP contribution is 2.38. The summed E-state index contributed by atoms with van der Waals surface area (Å²) in [4.78, 5) is 6.03. The maximum absolute atomic E-state index is 6.03. The number of nitrogens with two attached hydrogens (primary N) is 1. The number of nitrogens with zero attached hydrogens (tertiary/aromatic N) is 2. The summed E-state index contributed by atoms with van der Waals surface area (Å²) in [6.07, 6.45) is 3.91. The van der Waals surface area contributed by atoms with Crippen LogP contribution < -0.4 is 5.73 Å². The largest absolute Gasteiger partial charge is 0.329 e. The fourth-order valence-corrected chi connectivity index (χ4v) is 4.18. The van der Waals surface area contributed by atoms with Gasteiger partial charge < -0.3 is 10.6 Å². The zero-order chi connectivity index (χ0) is 14.0. The highest BCUT2D eigenvalue weighted by Gasteiger charge is 2.40. The molecule has 0 radical (unpaired) electrons. The molecule has 1 aliphatic carbocycles. The zero-order valence-electron chi connectivity index (χ0n) is 12.0. The van der Waals surface area contributed by atoms with Gasteiger partial charge in [-0.1, -0.05) is 11.6 Å². The van der Waals surface area contributed by atoms with E-state index in [9.17, 15) is 0 Å². The van der Waals surface area contributed by atoms with Gasteiger partial charge in [0.1, 0.15) is 0 Å². The lowest BCUT2D eigenvalue weighted by atomic mass is 9.75. The summed E-state index contributed by atoms with van der Waals surface area (Å²) in [5.41, 5.74) is 6.31. The smallest absolute Gasteiger partial charge is 0.0563 e. The minimum Gasteiger partial charge on any atom is -0.329 e. The van der Waals surface area contributed by atoms with Crippen LogP contribution in [0.4, 0.5) is 0 Å². The molecule has 108 valence electrons. The highest BCUT2D eigenvalue weighted by molar-refractivity contribution is 7.10. The van der Waals surface area contributed by atoms with Crippen LogP contribution in [-0.4, -0.2) is 49.6 Å². The molecule has 1 aromatic rings. The molecule has 0 saturated heterocycles. The van der Waals surface area contributed by atoms with Gasteiger partial charge in [-0.05, 0) is 46.5 Å². The second-order valence-electron chi connectivity index (χ2n) is 5.81. The monoisotopic (exact) mass is 301 g/mol. The first-order valence-corrected chi connectivity index (χ1v) is 8.06. The molecule has 5 heteroatoms. The van der Waals surface area contributed by atoms with Gasteiger partial charge in [-0.15, -0.1) is 11.3 Å². The molecule has 1 saturated carbocycles. The molecular formula is C14H24ClN3S. The lowest BCUT2D eigenvalue weighted by Crippen LogP contribution is -2.57. The van der Waals surface area contributed by atoms with E-state index < -0.39 is 0 Å². The minimum absolute atomic E-state index is 0.273. The van der Waals surface area contributed by atoms with Gasteiger partial charge in [-0.2, -0.15) is 0 Å². The number of hydrogen-bond acceptors (Lipinski definition) is 4. The Balaban J connectivity index is 2.07. The van der Waals surface area contributed by atoms with Gasteiger partial charge in [-0.3, -0.25) is 4.90 Å². The molecule has 0 amide bonds. The number of rotatable bonds is 6. The Morgan fingerprint density at radius 3 is 2.47 bits per heavy atom. The van der Waals surface area contributed by atoms with Crippen molar-refractivity contribution in [3.05, 3.63) is 21.3 Å². The fourth-order valence-electron chi connectivity index (χ4n) is 2.92. The summed E-state index contributed by atoms with van der Waals surface area (Å²) in [5, 5.41) is 2.80. The van der Waals surface area contributed by atoms with Crippen molar-refractivity contribution in [1.29, 1.82) is 0 Å². The molecule has 2 rings (SSSR count). The second kappa shape index (κ2) is 6.10. The van der Waals surface area contributed by atoms with Crippen LogP contribution in [0.2, 0.25) is 5.02 Å². The topological polar surface area (TPSA) is 32.5 Å². The SMILES string of the molecule is CN(CC1(N(C)C)CCC1)C(CN)c1cc(Cl)cs1. The maximum Gasteiger partial charge on any atom is 0.0563 e. The van der Waals surface area contributed by atoms with Crippen LogP contribution in [0.15, 0.2) is 11.4 Å². The number of halogens is 1. The van der Waals surface area contributed by atoms with Gasteiger partial charge in [0.2, 0.25) is 0 Å². The third-order valence-electron chi connectivity index (χ3n) is 4.45. The van der Waals surface area contributed by atoms with Gasteiger partial charge in [0.25, 0.3) is 0 Å². The molecule has 1 unspecified atom stereocenters. The van der Waals surface area contributed by atoms with Gasteiger partial charge in [0.15, 0.2) is 0 Å². The number of hydrogen-bond donors (Lipinski definition) is 1. The third-order valence-corrected chi connectivity index (χ3v) is 5.83. The Labute approximate surface area is 125 Å². The standard InChI is InChI=1S/C14H24ClN3S/c1-17(2)14(5-4-6-14)10-18(3)12(8-16)13-7-11(15)9-19-13/h7,9,12H,4-6,8,10,16H2,1-3H3. The Hall–Kier alpha value is -0.130. The van der Waals surface area contributed by atoms with Crippen molar-refractivity contribution in [3.8, 4) is 0 Å². The highest BCUT2D eigenvalue weighted by atomic mass is 35.5. The van der Waals surface area contributed by atoms with Crippen LogP contribution in [0.1, 0.15) is 30.2 Å². The van der Waals surface area contributed by atoms with Crippen LogP contribution >= 0.6 is 22.9 Å². The van der Waals surface area contributed by atoms with Gasteiger partial charge in [0, 0.05) is 28.9 Å². The maximum atomic E-state index is 6.03. The molecule has 1 aliphatic rings. The van der Waals surface area contributed by atoms with E-state index in [0.29, 0.717) is 12.1 Å². The summed E-state index contributed by atoms with van der Waals surface area (Å²) in [5.74, 6) is 0. The van der Waals surface area contributed by atoms with Gasteiger partial charge in [-0.25, -0.2) is 0 Å².